The van der Waals surface area contributed by atoms with Gasteiger partial charge in [0.2, 0.25) is 0 Å². The zero-order chi connectivity index (χ0) is 17.9. The Morgan fingerprint density at radius 3 is 2.62 bits per heavy atom. The van der Waals surface area contributed by atoms with E-state index in [2.05, 4.69) is 36.7 Å². The standard InChI is InChI=1S/C18H30N4O2/c1-13(2)8-6-9-14(3)10-7-11-22-12-20(4)15-16(23)19-18(24)21(5)17(15)22/h8,14H,6-7,9-12H2,1-5H3,(H,19,23,24)/t14-/m0/s1. The minimum Gasteiger partial charge on any atom is -0.349 e. The van der Waals surface area contributed by atoms with E-state index in [0.717, 1.165) is 31.6 Å². The van der Waals surface area contributed by atoms with Crippen LogP contribution in [-0.2, 0) is 7.05 Å². The van der Waals surface area contributed by atoms with Crippen LogP contribution in [0.2, 0.25) is 0 Å². The van der Waals surface area contributed by atoms with Crippen molar-refractivity contribution in [1.82, 2.24) is 9.55 Å². The first kappa shape index (κ1) is 18.4. The highest BCUT2D eigenvalue weighted by Gasteiger charge is 2.29. The first-order valence-corrected chi connectivity index (χ1v) is 8.74. The molecule has 0 bridgehead atoms. The van der Waals surface area contributed by atoms with E-state index in [1.54, 1.807) is 11.6 Å². The Morgan fingerprint density at radius 1 is 1.25 bits per heavy atom. The van der Waals surface area contributed by atoms with E-state index < -0.39 is 0 Å². The summed E-state index contributed by atoms with van der Waals surface area (Å²) in [6.07, 6.45) is 6.86. The number of aromatic amines is 1. The average molecular weight is 334 g/mol. The molecule has 0 saturated carbocycles. The molecule has 2 rings (SSSR count). The number of H-pyrrole nitrogens is 1. The molecule has 0 aromatic carbocycles. The highest BCUT2D eigenvalue weighted by molar-refractivity contribution is 5.71. The van der Waals surface area contributed by atoms with E-state index in [1.807, 2.05) is 11.9 Å². The topological polar surface area (TPSA) is 61.3 Å². The minimum absolute atomic E-state index is 0.298. The van der Waals surface area contributed by atoms with Crippen molar-refractivity contribution in [3.63, 3.8) is 0 Å². The lowest BCUT2D eigenvalue weighted by Crippen LogP contribution is -2.32. The summed E-state index contributed by atoms with van der Waals surface area (Å²) in [4.78, 5) is 30.3. The SMILES string of the molecule is CC(C)=CCC[C@H](C)CCCN1CN(C)c2c1n(C)c(=O)[nH]c2=O. The number of hydrogen-bond acceptors (Lipinski definition) is 4. The van der Waals surface area contributed by atoms with Crippen LogP contribution in [-0.4, -0.2) is 29.8 Å². The van der Waals surface area contributed by atoms with Gasteiger partial charge in [0.1, 0.15) is 11.5 Å². The minimum atomic E-state index is -0.353. The fourth-order valence-corrected chi connectivity index (χ4v) is 3.30. The Balaban J connectivity index is 1.96. The van der Waals surface area contributed by atoms with Crippen LogP contribution >= 0.6 is 0 Å². The van der Waals surface area contributed by atoms with E-state index in [1.165, 1.54) is 12.0 Å². The van der Waals surface area contributed by atoms with Gasteiger partial charge in [0.05, 0.1) is 6.67 Å². The van der Waals surface area contributed by atoms with E-state index in [-0.39, 0.29) is 11.2 Å². The second kappa shape index (κ2) is 7.73. The first-order valence-electron chi connectivity index (χ1n) is 8.74. The van der Waals surface area contributed by atoms with Crippen LogP contribution in [0.3, 0.4) is 0 Å². The number of allylic oxidation sites excluding steroid dienone is 2. The molecule has 1 aliphatic rings. The molecule has 0 spiro atoms. The number of nitrogens with one attached hydrogen (secondary N) is 1. The van der Waals surface area contributed by atoms with Gasteiger partial charge in [0.25, 0.3) is 5.56 Å². The molecule has 6 heteroatoms. The predicted molar refractivity (Wildman–Crippen MR) is 100.0 cm³/mol. The van der Waals surface area contributed by atoms with Gasteiger partial charge >= 0.3 is 5.69 Å². The van der Waals surface area contributed by atoms with E-state index in [9.17, 15) is 9.59 Å². The fraction of sp³-hybridized carbons (Fsp3) is 0.667. The summed E-state index contributed by atoms with van der Waals surface area (Å²) in [7, 11) is 3.60. The molecule has 0 saturated heterocycles. The lowest BCUT2D eigenvalue weighted by molar-refractivity contribution is 0.477. The molecule has 1 aromatic heterocycles. The number of aromatic nitrogens is 2. The lowest BCUT2D eigenvalue weighted by atomic mass is 9.99. The van der Waals surface area contributed by atoms with E-state index in [4.69, 9.17) is 0 Å². The molecule has 1 aliphatic heterocycles. The summed E-state index contributed by atoms with van der Waals surface area (Å²) >= 11 is 0. The number of nitrogens with zero attached hydrogens (tertiary/aromatic N) is 3. The number of rotatable bonds is 7. The quantitative estimate of drug-likeness (QED) is 0.778. The van der Waals surface area contributed by atoms with Gasteiger partial charge in [0.15, 0.2) is 0 Å². The molecule has 1 N–H and O–H groups in total. The zero-order valence-corrected chi connectivity index (χ0v) is 15.6. The predicted octanol–water partition coefficient (Wildman–Crippen LogP) is 2.45. The molecule has 1 aromatic rings. The maximum Gasteiger partial charge on any atom is 0.329 e. The Labute approximate surface area is 143 Å². The highest BCUT2D eigenvalue weighted by atomic mass is 16.2. The monoisotopic (exact) mass is 334 g/mol. The highest BCUT2D eigenvalue weighted by Crippen LogP contribution is 2.30. The van der Waals surface area contributed by atoms with Crippen LogP contribution in [0.15, 0.2) is 21.2 Å². The molecule has 0 aliphatic carbocycles. The summed E-state index contributed by atoms with van der Waals surface area (Å²) in [5.41, 5.74) is 1.32. The van der Waals surface area contributed by atoms with Crippen LogP contribution in [0.5, 0.6) is 0 Å². The van der Waals surface area contributed by atoms with Crippen molar-refractivity contribution in [1.29, 1.82) is 0 Å². The Bertz CT molecular complexity index is 713. The van der Waals surface area contributed by atoms with Crippen LogP contribution in [0.1, 0.15) is 46.5 Å². The summed E-state index contributed by atoms with van der Waals surface area (Å²) in [6.45, 7) is 8.09. The smallest absolute Gasteiger partial charge is 0.329 e. The van der Waals surface area contributed by atoms with Gasteiger partial charge in [-0.2, -0.15) is 0 Å². The maximum absolute atomic E-state index is 12.1. The van der Waals surface area contributed by atoms with Crippen LogP contribution in [0, 0.1) is 5.92 Å². The van der Waals surface area contributed by atoms with Crippen molar-refractivity contribution in [2.45, 2.75) is 46.5 Å². The Hall–Kier alpha value is -1.98. The van der Waals surface area contributed by atoms with Gasteiger partial charge in [-0.25, -0.2) is 4.79 Å². The summed E-state index contributed by atoms with van der Waals surface area (Å²) in [5, 5.41) is 0. The Kier molecular flexibility index (Phi) is 5.91. The van der Waals surface area contributed by atoms with Crippen molar-refractivity contribution in [3.05, 3.63) is 32.5 Å². The number of anilines is 2. The van der Waals surface area contributed by atoms with E-state index in [0.29, 0.717) is 18.3 Å². The molecule has 0 radical (unpaired) electrons. The molecule has 6 nitrogen and oxygen atoms in total. The van der Waals surface area contributed by atoms with Gasteiger partial charge in [-0.05, 0) is 45.4 Å². The van der Waals surface area contributed by atoms with Gasteiger partial charge in [-0.1, -0.05) is 18.6 Å². The second-order valence-corrected chi connectivity index (χ2v) is 7.20. The van der Waals surface area contributed by atoms with Crippen LogP contribution in [0.4, 0.5) is 11.5 Å². The van der Waals surface area contributed by atoms with Gasteiger partial charge in [0, 0.05) is 20.6 Å². The molecule has 134 valence electrons. The van der Waals surface area contributed by atoms with Crippen LogP contribution < -0.4 is 21.0 Å². The van der Waals surface area contributed by atoms with Gasteiger partial charge in [-0.3, -0.25) is 14.3 Å². The van der Waals surface area contributed by atoms with Gasteiger partial charge < -0.3 is 9.80 Å². The summed E-state index contributed by atoms with van der Waals surface area (Å²) in [6, 6.07) is 0. The zero-order valence-electron chi connectivity index (χ0n) is 15.6. The molecular formula is C18H30N4O2. The number of fused-ring (bicyclic) bond motifs is 1. The Morgan fingerprint density at radius 2 is 1.96 bits per heavy atom. The largest absolute Gasteiger partial charge is 0.349 e. The molecule has 0 fully saturated rings. The van der Waals surface area contributed by atoms with Crippen molar-refractivity contribution in [3.8, 4) is 0 Å². The van der Waals surface area contributed by atoms with Gasteiger partial charge in [-0.15, -0.1) is 0 Å². The van der Waals surface area contributed by atoms with Crippen molar-refractivity contribution >= 4 is 11.5 Å². The third-order valence-corrected chi connectivity index (χ3v) is 4.67. The normalized spacial score (nSPS) is 14.7. The van der Waals surface area contributed by atoms with Crippen molar-refractivity contribution in [2.75, 3.05) is 30.1 Å². The van der Waals surface area contributed by atoms with Crippen molar-refractivity contribution < 1.29 is 0 Å². The molecule has 0 unspecified atom stereocenters. The molecule has 24 heavy (non-hydrogen) atoms. The molecule has 0 amide bonds. The van der Waals surface area contributed by atoms with E-state index >= 15 is 0 Å². The maximum atomic E-state index is 12.1. The summed E-state index contributed by atoms with van der Waals surface area (Å²) < 4.78 is 1.54. The third kappa shape index (κ3) is 4.10. The molecule has 2 heterocycles. The molecular weight excluding hydrogens is 304 g/mol. The first-order chi connectivity index (χ1) is 11.3. The average Bonchev–Trinajstić information content (AvgIpc) is 2.81. The van der Waals surface area contributed by atoms with Crippen LogP contribution in [0.25, 0.3) is 0 Å². The lowest BCUT2D eigenvalue weighted by Gasteiger charge is -2.21. The van der Waals surface area contributed by atoms with Crippen molar-refractivity contribution in [2.24, 2.45) is 13.0 Å². The number of hydrogen-bond donors (Lipinski definition) is 1. The molecule has 1 atom stereocenters. The fourth-order valence-electron chi connectivity index (χ4n) is 3.30. The second-order valence-electron chi connectivity index (χ2n) is 7.20. The third-order valence-electron chi connectivity index (χ3n) is 4.67. The summed E-state index contributed by atoms with van der Waals surface area (Å²) in [5.74, 6) is 1.42.